The third-order valence-corrected chi connectivity index (χ3v) is 5.46. The molecule has 1 saturated heterocycles. The molecule has 0 bridgehead atoms. The van der Waals surface area contributed by atoms with Gasteiger partial charge in [-0.3, -0.25) is 4.79 Å². The molecular weight excluding hydrogens is 292 g/mol. The van der Waals surface area contributed by atoms with E-state index >= 15 is 0 Å². The molecule has 1 fully saturated rings. The van der Waals surface area contributed by atoms with Crippen LogP contribution in [0.4, 0.5) is 0 Å². The number of benzene rings is 1. The van der Waals surface area contributed by atoms with Gasteiger partial charge in [-0.25, -0.2) is 8.42 Å². The lowest BCUT2D eigenvalue weighted by molar-refractivity contribution is -0.134. The van der Waals surface area contributed by atoms with Gasteiger partial charge < -0.3 is 15.7 Å². The van der Waals surface area contributed by atoms with Crippen LogP contribution in [-0.4, -0.2) is 54.5 Å². The molecule has 7 heteroatoms. The van der Waals surface area contributed by atoms with Gasteiger partial charge in [0.1, 0.15) is 5.75 Å². The van der Waals surface area contributed by atoms with Crippen LogP contribution in [0.15, 0.2) is 24.3 Å². The zero-order valence-corrected chi connectivity index (χ0v) is 12.7. The second-order valence-corrected chi connectivity index (χ2v) is 7.70. The first kappa shape index (κ1) is 15.8. The Morgan fingerprint density at radius 3 is 2.62 bits per heavy atom. The molecule has 0 spiro atoms. The Morgan fingerprint density at radius 1 is 1.43 bits per heavy atom. The van der Waals surface area contributed by atoms with Crippen molar-refractivity contribution in [1.82, 2.24) is 4.90 Å². The molecule has 0 aromatic heterocycles. The number of nitrogens with two attached hydrogens (primary N) is 1. The first-order valence-electron chi connectivity index (χ1n) is 6.83. The van der Waals surface area contributed by atoms with Gasteiger partial charge in [0.05, 0.1) is 17.5 Å². The van der Waals surface area contributed by atoms with Crippen molar-refractivity contribution in [2.45, 2.75) is 25.4 Å². The summed E-state index contributed by atoms with van der Waals surface area (Å²) in [7, 11) is -3.05. The minimum atomic E-state index is -3.05. The summed E-state index contributed by atoms with van der Waals surface area (Å²) in [5.41, 5.74) is 6.80. The summed E-state index contributed by atoms with van der Waals surface area (Å²) >= 11 is 0. The summed E-state index contributed by atoms with van der Waals surface area (Å²) in [6.07, 6.45) is 0.356. The van der Waals surface area contributed by atoms with Crippen molar-refractivity contribution in [1.29, 1.82) is 0 Å². The zero-order chi connectivity index (χ0) is 15.6. The molecule has 1 heterocycles. The lowest BCUT2D eigenvalue weighted by atomic mass is 10.0. The number of amides is 1. The molecule has 21 heavy (non-hydrogen) atoms. The molecular formula is C14H20N2O4S. The summed E-state index contributed by atoms with van der Waals surface area (Å²) < 4.78 is 23.1. The molecule has 2 rings (SSSR count). The number of sulfone groups is 1. The number of phenols is 1. The highest BCUT2D eigenvalue weighted by Crippen LogP contribution is 2.15. The van der Waals surface area contributed by atoms with E-state index in [9.17, 15) is 18.3 Å². The number of rotatable bonds is 3. The van der Waals surface area contributed by atoms with Crippen molar-refractivity contribution in [2.24, 2.45) is 5.73 Å². The highest BCUT2D eigenvalue weighted by Gasteiger charge is 2.33. The van der Waals surface area contributed by atoms with Crippen LogP contribution in [0.2, 0.25) is 0 Å². The molecule has 1 aliphatic heterocycles. The average molecular weight is 312 g/mol. The number of carbonyl (C=O) groups is 1. The lowest BCUT2D eigenvalue weighted by Crippen LogP contribution is -2.55. The molecule has 0 radical (unpaired) electrons. The number of hydrogen-bond donors (Lipinski definition) is 2. The van der Waals surface area contributed by atoms with Gasteiger partial charge in [-0.2, -0.15) is 0 Å². The van der Waals surface area contributed by atoms with Crippen LogP contribution in [0, 0.1) is 0 Å². The van der Waals surface area contributed by atoms with E-state index in [1.807, 2.05) is 0 Å². The highest BCUT2D eigenvalue weighted by atomic mass is 32.2. The van der Waals surface area contributed by atoms with Crippen molar-refractivity contribution >= 4 is 15.7 Å². The summed E-state index contributed by atoms with van der Waals surface area (Å²) in [4.78, 5) is 13.9. The van der Waals surface area contributed by atoms with Crippen LogP contribution in [0.5, 0.6) is 5.75 Å². The number of hydrogen-bond acceptors (Lipinski definition) is 5. The molecule has 0 saturated carbocycles. The molecule has 1 amide bonds. The van der Waals surface area contributed by atoms with Crippen molar-refractivity contribution in [2.75, 3.05) is 18.1 Å². The topological polar surface area (TPSA) is 101 Å². The van der Waals surface area contributed by atoms with Gasteiger partial charge in [-0.1, -0.05) is 12.1 Å². The highest BCUT2D eigenvalue weighted by molar-refractivity contribution is 7.91. The number of nitrogens with zero attached hydrogens (tertiary/aromatic N) is 1. The molecule has 6 nitrogen and oxygen atoms in total. The van der Waals surface area contributed by atoms with Crippen LogP contribution in [0.25, 0.3) is 0 Å². The first-order valence-corrected chi connectivity index (χ1v) is 8.65. The molecule has 3 N–H and O–H groups in total. The fourth-order valence-corrected chi connectivity index (χ4v) is 4.07. The van der Waals surface area contributed by atoms with Crippen molar-refractivity contribution in [3.8, 4) is 5.75 Å². The van der Waals surface area contributed by atoms with Crippen LogP contribution < -0.4 is 5.73 Å². The molecule has 1 aromatic rings. The third-order valence-electron chi connectivity index (χ3n) is 3.66. The standard InChI is InChI=1S/C14H20N2O4S/c1-10-9-21(19,20)7-6-16(10)14(18)13(15)8-11-2-4-12(17)5-3-11/h2-5,10,13,17H,6-9,15H2,1H3/t10?,13-/m0/s1. The van der Waals surface area contributed by atoms with Gasteiger partial charge in [0.25, 0.3) is 0 Å². The average Bonchev–Trinajstić information content (AvgIpc) is 2.39. The largest absolute Gasteiger partial charge is 0.508 e. The molecule has 1 unspecified atom stereocenters. The van der Waals surface area contributed by atoms with Gasteiger partial charge in [0.15, 0.2) is 9.84 Å². The predicted octanol–water partition coefficient (Wildman–Crippen LogP) is -0.0925. The molecule has 2 atom stereocenters. The first-order chi connectivity index (χ1) is 9.78. The summed E-state index contributed by atoms with van der Waals surface area (Å²) in [5, 5.41) is 9.22. The molecule has 1 aliphatic rings. The van der Waals surface area contributed by atoms with Crippen LogP contribution in [0.3, 0.4) is 0 Å². The summed E-state index contributed by atoms with van der Waals surface area (Å²) in [5.74, 6) is -0.0846. The smallest absolute Gasteiger partial charge is 0.240 e. The van der Waals surface area contributed by atoms with Gasteiger partial charge in [0.2, 0.25) is 5.91 Å². The van der Waals surface area contributed by atoms with E-state index in [1.165, 1.54) is 0 Å². The second-order valence-electron chi connectivity index (χ2n) is 5.47. The van der Waals surface area contributed by atoms with Gasteiger partial charge in [-0.15, -0.1) is 0 Å². The van der Waals surface area contributed by atoms with E-state index in [-0.39, 0.29) is 35.7 Å². The third kappa shape index (κ3) is 3.95. The maximum absolute atomic E-state index is 12.3. The van der Waals surface area contributed by atoms with Crippen LogP contribution >= 0.6 is 0 Å². The molecule has 0 aliphatic carbocycles. The van der Waals surface area contributed by atoms with E-state index in [0.717, 1.165) is 5.56 Å². The van der Waals surface area contributed by atoms with E-state index < -0.39 is 15.9 Å². The number of phenolic OH excluding ortho intramolecular Hbond substituents is 1. The fourth-order valence-electron chi connectivity index (χ4n) is 2.51. The Hall–Kier alpha value is -1.60. The predicted molar refractivity (Wildman–Crippen MR) is 79.6 cm³/mol. The zero-order valence-electron chi connectivity index (χ0n) is 11.9. The minimum Gasteiger partial charge on any atom is -0.508 e. The second kappa shape index (κ2) is 6.03. The molecule has 1 aromatic carbocycles. The van der Waals surface area contributed by atoms with Crippen molar-refractivity contribution < 1.29 is 18.3 Å². The van der Waals surface area contributed by atoms with Crippen molar-refractivity contribution in [3.63, 3.8) is 0 Å². The van der Waals surface area contributed by atoms with Crippen molar-refractivity contribution in [3.05, 3.63) is 29.8 Å². The SMILES string of the molecule is CC1CS(=O)(=O)CCN1C(=O)[C@@H](N)Cc1ccc(O)cc1. The van der Waals surface area contributed by atoms with E-state index in [2.05, 4.69) is 0 Å². The van der Waals surface area contributed by atoms with Crippen LogP contribution in [0.1, 0.15) is 12.5 Å². The maximum Gasteiger partial charge on any atom is 0.240 e. The Kier molecular flexibility index (Phi) is 4.53. The maximum atomic E-state index is 12.3. The fraction of sp³-hybridized carbons (Fsp3) is 0.500. The Labute approximate surface area is 124 Å². The Balaban J connectivity index is 2.01. The summed E-state index contributed by atoms with van der Waals surface area (Å²) in [6.45, 7) is 1.92. The Bertz CT molecular complexity index is 612. The van der Waals surface area contributed by atoms with E-state index in [1.54, 1.807) is 36.1 Å². The van der Waals surface area contributed by atoms with Crippen LogP contribution in [-0.2, 0) is 21.1 Å². The number of aromatic hydroxyl groups is 1. The Morgan fingerprint density at radius 2 is 2.05 bits per heavy atom. The quantitative estimate of drug-likeness (QED) is 0.812. The summed E-state index contributed by atoms with van der Waals surface area (Å²) in [6, 6.07) is 5.46. The minimum absolute atomic E-state index is 0.00495. The molecule has 116 valence electrons. The van der Waals surface area contributed by atoms with E-state index in [4.69, 9.17) is 5.73 Å². The van der Waals surface area contributed by atoms with Gasteiger partial charge >= 0.3 is 0 Å². The van der Waals surface area contributed by atoms with Gasteiger partial charge in [0, 0.05) is 12.6 Å². The monoisotopic (exact) mass is 312 g/mol. The number of carbonyl (C=O) groups excluding carboxylic acids is 1. The normalized spacial score (nSPS) is 22.8. The lowest BCUT2D eigenvalue weighted by Gasteiger charge is -2.34. The van der Waals surface area contributed by atoms with E-state index in [0.29, 0.717) is 6.42 Å². The van der Waals surface area contributed by atoms with Gasteiger partial charge in [-0.05, 0) is 31.0 Å².